The number of nitrogen functional groups attached to an aromatic ring is 1. The molecule has 0 saturated heterocycles. The van der Waals surface area contributed by atoms with Crippen molar-refractivity contribution < 1.29 is 4.39 Å². The SMILES string of the molecule is CN(CCc1cc[nH]c1)c1c(N)cccc1F. The lowest BCUT2D eigenvalue weighted by Gasteiger charge is -2.21. The topological polar surface area (TPSA) is 45.0 Å². The average Bonchev–Trinajstić information content (AvgIpc) is 2.79. The van der Waals surface area contributed by atoms with E-state index >= 15 is 0 Å². The Labute approximate surface area is 100 Å². The Morgan fingerprint density at radius 2 is 2.18 bits per heavy atom. The van der Waals surface area contributed by atoms with Gasteiger partial charge in [-0.2, -0.15) is 0 Å². The number of nitrogens with two attached hydrogens (primary N) is 1. The zero-order valence-electron chi connectivity index (χ0n) is 9.78. The van der Waals surface area contributed by atoms with Gasteiger partial charge in [-0.1, -0.05) is 6.07 Å². The summed E-state index contributed by atoms with van der Waals surface area (Å²) in [5, 5.41) is 0. The largest absolute Gasteiger partial charge is 0.397 e. The van der Waals surface area contributed by atoms with Crippen molar-refractivity contribution in [2.24, 2.45) is 0 Å². The van der Waals surface area contributed by atoms with Gasteiger partial charge in [0, 0.05) is 26.0 Å². The third-order valence-corrected chi connectivity index (χ3v) is 2.80. The number of H-pyrrole nitrogens is 1. The Bertz CT molecular complexity index is 459. The fraction of sp³-hybridized carbons (Fsp3) is 0.231. The number of benzene rings is 1. The number of rotatable bonds is 4. The van der Waals surface area contributed by atoms with E-state index in [0.717, 1.165) is 13.0 Å². The number of para-hydroxylation sites is 1. The smallest absolute Gasteiger partial charge is 0.148 e. The van der Waals surface area contributed by atoms with Crippen molar-refractivity contribution in [2.75, 3.05) is 24.2 Å². The maximum Gasteiger partial charge on any atom is 0.148 e. The summed E-state index contributed by atoms with van der Waals surface area (Å²) in [6.45, 7) is 0.725. The van der Waals surface area contributed by atoms with Crippen molar-refractivity contribution in [3.63, 3.8) is 0 Å². The lowest BCUT2D eigenvalue weighted by atomic mass is 10.2. The van der Waals surface area contributed by atoms with Gasteiger partial charge >= 0.3 is 0 Å². The van der Waals surface area contributed by atoms with Gasteiger partial charge in [-0.05, 0) is 30.2 Å². The second-order valence-corrected chi connectivity index (χ2v) is 4.07. The fourth-order valence-corrected chi connectivity index (χ4v) is 1.86. The van der Waals surface area contributed by atoms with Gasteiger partial charge in [-0.15, -0.1) is 0 Å². The fourth-order valence-electron chi connectivity index (χ4n) is 1.86. The Morgan fingerprint density at radius 3 is 2.82 bits per heavy atom. The van der Waals surface area contributed by atoms with Gasteiger partial charge in [0.1, 0.15) is 5.82 Å². The van der Waals surface area contributed by atoms with E-state index in [0.29, 0.717) is 11.4 Å². The van der Waals surface area contributed by atoms with Gasteiger partial charge in [0.25, 0.3) is 0 Å². The van der Waals surface area contributed by atoms with Gasteiger partial charge in [-0.25, -0.2) is 4.39 Å². The molecular weight excluding hydrogens is 217 g/mol. The first-order chi connectivity index (χ1) is 8.18. The molecule has 0 amide bonds. The standard InChI is InChI=1S/C13H16FN3/c1-17(8-6-10-5-7-16-9-10)13-11(14)3-2-4-12(13)15/h2-5,7,9,16H,6,8,15H2,1H3. The highest BCUT2D eigenvalue weighted by atomic mass is 19.1. The maximum atomic E-state index is 13.6. The number of nitrogens with zero attached hydrogens (tertiary/aromatic N) is 1. The highest BCUT2D eigenvalue weighted by molar-refractivity contribution is 5.67. The molecule has 3 nitrogen and oxygen atoms in total. The van der Waals surface area contributed by atoms with Gasteiger partial charge in [-0.3, -0.25) is 0 Å². The minimum Gasteiger partial charge on any atom is -0.397 e. The van der Waals surface area contributed by atoms with Crippen LogP contribution >= 0.6 is 0 Å². The number of likely N-dealkylation sites (N-methyl/N-ethyl adjacent to an activating group) is 1. The van der Waals surface area contributed by atoms with E-state index in [1.165, 1.54) is 11.6 Å². The molecule has 0 spiro atoms. The summed E-state index contributed by atoms with van der Waals surface area (Å²) in [5.74, 6) is -0.276. The van der Waals surface area contributed by atoms with Crippen LogP contribution in [0.25, 0.3) is 0 Å². The van der Waals surface area contributed by atoms with Crippen LogP contribution in [0.5, 0.6) is 0 Å². The van der Waals surface area contributed by atoms with Gasteiger partial charge < -0.3 is 15.6 Å². The molecule has 3 N–H and O–H groups in total. The van der Waals surface area contributed by atoms with Crippen LogP contribution in [0.3, 0.4) is 0 Å². The molecule has 0 aliphatic rings. The molecule has 1 aromatic heterocycles. The number of anilines is 2. The van der Waals surface area contributed by atoms with Gasteiger partial charge in [0.2, 0.25) is 0 Å². The quantitative estimate of drug-likeness (QED) is 0.796. The van der Waals surface area contributed by atoms with Gasteiger partial charge in [0.15, 0.2) is 0 Å². The summed E-state index contributed by atoms with van der Waals surface area (Å²) >= 11 is 0. The van der Waals surface area contributed by atoms with Gasteiger partial charge in [0.05, 0.1) is 11.4 Å². The molecule has 1 heterocycles. The Balaban J connectivity index is 2.07. The van der Waals surface area contributed by atoms with Crippen LogP contribution in [0.4, 0.5) is 15.8 Å². The Hall–Kier alpha value is -1.97. The van der Waals surface area contributed by atoms with Crippen molar-refractivity contribution >= 4 is 11.4 Å². The van der Waals surface area contributed by atoms with Crippen molar-refractivity contribution in [3.8, 4) is 0 Å². The first kappa shape index (κ1) is 11.5. The number of nitrogens with one attached hydrogen (secondary N) is 1. The summed E-state index contributed by atoms with van der Waals surface area (Å²) < 4.78 is 13.6. The summed E-state index contributed by atoms with van der Waals surface area (Å²) in [6, 6.07) is 6.77. The molecule has 1 aromatic carbocycles. The van der Waals surface area contributed by atoms with E-state index in [-0.39, 0.29) is 5.82 Å². The zero-order valence-corrected chi connectivity index (χ0v) is 9.78. The highest BCUT2D eigenvalue weighted by Crippen LogP contribution is 2.25. The third-order valence-electron chi connectivity index (χ3n) is 2.80. The lowest BCUT2D eigenvalue weighted by Crippen LogP contribution is -2.22. The summed E-state index contributed by atoms with van der Waals surface area (Å²) in [4.78, 5) is 4.84. The highest BCUT2D eigenvalue weighted by Gasteiger charge is 2.10. The molecule has 4 heteroatoms. The molecule has 2 aromatic rings. The first-order valence-corrected chi connectivity index (χ1v) is 5.55. The van der Waals surface area contributed by atoms with Crippen LogP contribution < -0.4 is 10.6 Å². The average molecular weight is 233 g/mol. The molecular formula is C13H16FN3. The normalized spacial score (nSPS) is 10.5. The monoisotopic (exact) mass is 233 g/mol. The third kappa shape index (κ3) is 2.58. The number of hydrogen-bond donors (Lipinski definition) is 2. The van der Waals surface area contributed by atoms with Crippen molar-refractivity contribution in [2.45, 2.75) is 6.42 Å². The van der Waals surface area contributed by atoms with Crippen LogP contribution in [0.15, 0.2) is 36.7 Å². The Kier molecular flexibility index (Phi) is 3.32. The summed E-state index contributed by atoms with van der Waals surface area (Å²) in [7, 11) is 1.85. The maximum absolute atomic E-state index is 13.6. The van der Waals surface area contributed by atoms with E-state index in [1.807, 2.05) is 30.4 Å². The minimum atomic E-state index is -0.276. The molecule has 0 aliphatic carbocycles. The number of aromatic amines is 1. The summed E-state index contributed by atoms with van der Waals surface area (Å²) in [5.41, 5.74) is 7.93. The van der Waals surface area contributed by atoms with E-state index < -0.39 is 0 Å². The van der Waals surface area contributed by atoms with Crippen molar-refractivity contribution in [3.05, 3.63) is 48.0 Å². The minimum absolute atomic E-state index is 0.276. The van der Waals surface area contributed by atoms with E-state index in [4.69, 9.17) is 5.73 Å². The predicted octanol–water partition coefficient (Wildman–Crippen LogP) is 2.41. The molecule has 0 saturated carbocycles. The predicted molar refractivity (Wildman–Crippen MR) is 68.6 cm³/mol. The van der Waals surface area contributed by atoms with Crippen molar-refractivity contribution in [1.29, 1.82) is 0 Å². The van der Waals surface area contributed by atoms with E-state index in [2.05, 4.69) is 4.98 Å². The second kappa shape index (κ2) is 4.91. The van der Waals surface area contributed by atoms with Crippen molar-refractivity contribution in [1.82, 2.24) is 4.98 Å². The zero-order chi connectivity index (χ0) is 12.3. The van der Waals surface area contributed by atoms with Crippen LogP contribution in [-0.2, 0) is 6.42 Å². The van der Waals surface area contributed by atoms with Crippen LogP contribution in [0.2, 0.25) is 0 Å². The van der Waals surface area contributed by atoms with Crippen LogP contribution in [0.1, 0.15) is 5.56 Å². The van der Waals surface area contributed by atoms with Crippen LogP contribution in [-0.4, -0.2) is 18.6 Å². The molecule has 90 valence electrons. The van der Waals surface area contributed by atoms with E-state index in [1.54, 1.807) is 12.1 Å². The number of hydrogen-bond acceptors (Lipinski definition) is 2. The summed E-state index contributed by atoms with van der Waals surface area (Å²) in [6.07, 6.45) is 4.68. The molecule has 0 unspecified atom stereocenters. The number of aromatic nitrogens is 1. The molecule has 17 heavy (non-hydrogen) atoms. The molecule has 0 fully saturated rings. The van der Waals surface area contributed by atoms with E-state index in [9.17, 15) is 4.39 Å². The molecule has 0 bridgehead atoms. The first-order valence-electron chi connectivity index (χ1n) is 5.55. The molecule has 0 aliphatic heterocycles. The Morgan fingerprint density at radius 1 is 1.35 bits per heavy atom. The van der Waals surface area contributed by atoms with Crippen LogP contribution in [0, 0.1) is 5.82 Å². The second-order valence-electron chi connectivity index (χ2n) is 4.07. The molecule has 0 atom stereocenters. The molecule has 2 rings (SSSR count). The lowest BCUT2D eigenvalue weighted by molar-refractivity contribution is 0.623. The molecule has 0 radical (unpaired) electrons. The number of halogens is 1.